The number of nitrogens with zero attached hydrogens (tertiary/aromatic N) is 5. The first kappa shape index (κ1) is 16.5. The molecule has 0 unspecified atom stereocenters. The van der Waals surface area contributed by atoms with Crippen molar-refractivity contribution in [2.45, 2.75) is 38.0 Å². The van der Waals surface area contributed by atoms with Gasteiger partial charge in [-0.25, -0.2) is 0 Å². The summed E-state index contributed by atoms with van der Waals surface area (Å²) in [6, 6.07) is 0. The lowest BCUT2D eigenvalue weighted by molar-refractivity contribution is 0.427. The van der Waals surface area contributed by atoms with E-state index in [4.69, 9.17) is 9.97 Å². The van der Waals surface area contributed by atoms with Crippen LogP contribution in [0.15, 0.2) is 25.3 Å². The van der Waals surface area contributed by atoms with Crippen LogP contribution in [0.4, 0.5) is 11.9 Å². The van der Waals surface area contributed by atoms with E-state index in [9.17, 15) is 0 Å². The van der Waals surface area contributed by atoms with Crippen molar-refractivity contribution in [1.82, 2.24) is 15.0 Å². The number of likely N-dealkylation sites (N-methyl/N-ethyl adjacent to an activating group) is 2. The predicted octanol–water partition coefficient (Wildman–Crippen LogP) is 3.16. The molecular weight excluding hydrogens is 274 g/mol. The average Bonchev–Trinajstić information content (AvgIpc) is 2.55. The quantitative estimate of drug-likeness (QED) is 0.724. The third-order valence-corrected chi connectivity index (χ3v) is 4.09. The maximum atomic E-state index is 4.72. The van der Waals surface area contributed by atoms with Crippen LogP contribution in [0.5, 0.6) is 0 Å². The molecule has 0 aliphatic heterocycles. The predicted molar refractivity (Wildman–Crippen MR) is 92.6 cm³/mol. The van der Waals surface area contributed by atoms with E-state index in [1.165, 1.54) is 32.1 Å². The molecule has 1 heterocycles. The molecule has 1 aliphatic rings. The second kappa shape index (κ2) is 7.92. The van der Waals surface area contributed by atoms with Crippen molar-refractivity contribution in [1.29, 1.82) is 0 Å². The summed E-state index contributed by atoms with van der Waals surface area (Å²) in [7, 11) is 3.97. The molecule has 5 heteroatoms. The standard InChI is InChI=1S/C17H27N5/c1-5-12-21(3)16-18-15(14-10-8-7-9-11-14)19-17(20-16)22(4)13-6-2/h5-6,14H,1-2,7-13H2,3-4H3. The van der Waals surface area contributed by atoms with Crippen LogP contribution in [0.3, 0.4) is 0 Å². The Morgan fingerprint density at radius 1 is 0.909 bits per heavy atom. The van der Waals surface area contributed by atoms with Gasteiger partial charge in [-0.15, -0.1) is 13.2 Å². The van der Waals surface area contributed by atoms with Gasteiger partial charge in [0, 0.05) is 33.1 Å². The fourth-order valence-corrected chi connectivity index (χ4v) is 2.80. The van der Waals surface area contributed by atoms with Gasteiger partial charge in [0.2, 0.25) is 11.9 Å². The Balaban J connectivity index is 2.33. The first-order valence-electron chi connectivity index (χ1n) is 8.05. The summed E-state index contributed by atoms with van der Waals surface area (Å²) >= 11 is 0. The van der Waals surface area contributed by atoms with Crippen molar-refractivity contribution in [3.8, 4) is 0 Å². The van der Waals surface area contributed by atoms with Gasteiger partial charge in [-0.1, -0.05) is 31.4 Å². The van der Waals surface area contributed by atoms with Crippen molar-refractivity contribution in [2.24, 2.45) is 0 Å². The molecule has 1 aromatic heterocycles. The molecule has 0 atom stereocenters. The summed E-state index contributed by atoms with van der Waals surface area (Å²) in [6.07, 6.45) is 9.94. The smallest absolute Gasteiger partial charge is 0.230 e. The molecule has 0 saturated heterocycles. The van der Waals surface area contributed by atoms with Crippen molar-refractivity contribution < 1.29 is 0 Å². The highest BCUT2D eigenvalue weighted by Crippen LogP contribution is 2.31. The zero-order valence-corrected chi connectivity index (χ0v) is 13.8. The van der Waals surface area contributed by atoms with E-state index >= 15 is 0 Å². The third kappa shape index (κ3) is 4.06. The lowest BCUT2D eigenvalue weighted by Gasteiger charge is -2.24. The van der Waals surface area contributed by atoms with Crippen molar-refractivity contribution >= 4 is 11.9 Å². The molecular formula is C17H27N5. The van der Waals surface area contributed by atoms with Crippen LogP contribution >= 0.6 is 0 Å². The summed E-state index contributed by atoms with van der Waals surface area (Å²) in [4.78, 5) is 18.1. The van der Waals surface area contributed by atoms with Crippen LogP contribution in [-0.2, 0) is 0 Å². The Labute approximate surface area is 133 Å². The van der Waals surface area contributed by atoms with Gasteiger partial charge in [-0.2, -0.15) is 15.0 Å². The highest BCUT2D eigenvalue weighted by atomic mass is 15.3. The monoisotopic (exact) mass is 301 g/mol. The van der Waals surface area contributed by atoms with Crippen LogP contribution < -0.4 is 9.80 Å². The minimum absolute atomic E-state index is 0.462. The van der Waals surface area contributed by atoms with Gasteiger partial charge in [0.05, 0.1) is 0 Å². The molecule has 1 fully saturated rings. The van der Waals surface area contributed by atoms with E-state index in [0.29, 0.717) is 5.92 Å². The molecule has 5 nitrogen and oxygen atoms in total. The third-order valence-electron chi connectivity index (χ3n) is 4.09. The lowest BCUT2D eigenvalue weighted by atomic mass is 9.89. The fourth-order valence-electron chi connectivity index (χ4n) is 2.80. The summed E-state index contributed by atoms with van der Waals surface area (Å²) < 4.78 is 0. The summed E-state index contributed by atoms with van der Waals surface area (Å²) in [6.45, 7) is 9.02. The molecule has 0 aromatic carbocycles. The molecule has 1 aliphatic carbocycles. The normalized spacial score (nSPS) is 15.4. The van der Waals surface area contributed by atoms with Gasteiger partial charge in [0.1, 0.15) is 5.82 Å². The van der Waals surface area contributed by atoms with Crippen LogP contribution in [0, 0.1) is 0 Å². The van der Waals surface area contributed by atoms with E-state index in [-0.39, 0.29) is 0 Å². The van der Waals surface area contributed by atoms with Crippen LogP contribution in [0.1, 0.15) is 43.8 Å². The molecule has 1 aromatic rings. The number of hydrogen-bond donors (Lipinski definition) is 0. The summed E-state index contributed by atoms with van der Waals surface area (Å²) in [5.41, 5.74) is 0. The molecule has 0 amide bonds. The zero-order chi connectivity index (χ0) is 15.9. The molecule has 22 heavy (non-hydrogen) atoms. The van der Waals surface area contributed by atoms with E-state index in [1.54, 1.807) is 0 Å². The minimum Gasteiger partial charge on any atom is -0.340 e. The molecule has 2 rings (SSSR count). The van der Waals surface area contributed by atoms with Gasteiger partial charge in [-0.3, -0.25) is 0 Å². The number of hydrogen-bond acceptors (Lipinski definition) is 5. The number of aromatic nitrogens is 3. The second-order valence-corrected chi connectivity index (χ2v) is 5.97. The zero-order valence-electron chi connectivity index (χ0n) is 13.8. The largest absolute Gasteiger partial charge is 0.340 e. The molecule has 1 saturated carbocycles. The van der Waals surface area contributed by atoms with Gasteiger partial charge >= 0.3 is 0 Å². The highest BCUT2D eigenvalue weighted by Gasteiger charge is 2.21. The van der Waals surface area contributed by atoms with Crippen LogP contribution in [0.25, 0.3) is 0 Å². The Morgan fingerprint density at radius 3 is 1.86 bits per heavy atom. The van der Waals surface area contributed by atoms with E-state index in [2.05, 4.69) is 18.1 Å². The van der Waals surface area contributed by atoms with Gasteiger partial charge in [-0.05, 0) is 12.8 Å². The van der Waals surface area contributed by atoms with Gasteiger partial charge in [0.15, 0.2) is 0 Å². The van der Waals surface area contributed by atoms with Crippen LogP contribution in [0.2, 0.25) is 0 Å². The number of rotatable bonds is 7. The SMILES string of the molecule is C=CCN(C)c1nc(C2CCCCC2)nc(N(C)CC=C)n1. The summed E-state index contributed by atoms with van der Waals surface area (Å²) in [5.74, 6) is 2.85. The Bertz CT molecular complexity index is 474. The molecule has 0 bridgehead atoms. The molecule has 0 spiro atoms. The average molecular weight is 301 g/mol. The van der Waals surface area contributed by atoms with E-state index < -0.39 is 0 Å². The Hall–Kier alpha value is -1.91. The maximum Gasteiger partial charge on any atom is 0.230 e. The molecule has 0 radical (unpaired) electrons. The maximum absolute atomic E-state index is 4.72. The van der Waals surface area contributed by atoms with Crippen molar-refractivity contribution in [3.05, 3.63) is 31.1 Å². The van der Waals surface area contributed by atoms with Gasteiger partial charge in [0.25, 0.3) is 0 Å². The summed E-state index contributed by atoms with van der Waals surface area (Å²) in [5, 5.41) is 0. The molecule has 120 valence electrons. The Morgan fingerprint density at radius 2 is 1.41 bits per heavy atom. The van der Waals surface area contributed by atoms with E-state index in [0.717, 1.165) is 30.8 Å². The fraction of sp³-hybridized carbons (Fsp3) is 0.588. The van der Waals surface area contributed by atoms with Crippen LogP contribution in [-0.4, -0.2) is 42.1 Å². The highest BCUT2D eigenvalue weighted by molar-refractivity contribution is 5.39. The van der Waals surface area contributed by atoms with E-state index in [1.807, 2.05) is 36.0 Å². The second-order valence-electron chi connectivity index (χ2n) is 5.97. The molecule has 0 N–H and O–H groups in total. The first-order chi connectivity index (χ1) is 10.7. The lowest BCUT2D eigenvalue weighted by Crippen LogP contribution is -2.26. The number of anilines is 2. The van der Waals surface area contributed by atoms with Crippen molar-refractivity contribution in [3.63, 3.8) is 0 Å². The first-order valence-corrected chi connectivity index (χ1v) is 8.05. The topological polar surface area (TPSA) is 45.2 Å². The van der Waals surface area contributed by atoms with Gasteiger partial charge < -0.3 is 9.80 Å². The van der Waals surface area contributed by atoms with Crippen molar-refractivity contribution in [2.75, 3.05) is 37.0 Å². The minimum atomic E-state index is 0.462. The Kier molecular flexibility index (Phi) is 5.92.